The number of carbonyl (C=O) groups is 1. The van der Waals surface area contributed by atoms with Gasteiger partial charge in [-0.15, -0.1) is 0 Å². The number of hydrogen-bond acceptors (Lipinski definition) is 4. The Labute approximate surface area is 110 Å². The molecule has 1 saturated heterocycles. The maximum Gasteiger partial charge on any atom is 0.239 e. The van der Waals surface area contributed by atoms with Crippen molar-refractivity contribution >= 4 is 5.91 Å². The lowest BCUT2D eigenvalue weighted by Gasteiger charge is -2.30. The van der Waals surface area contributed by atoms with Crippen LogP contribution in [0, 0.1) is 0 Å². The van der Waals surface area contributed by atoms with Gasteiger partial charge in [0.05, 0.1) is 12.6 Å². The molecule has 1 N–H and O–H groups in total. The Morgan fingerprint density at radius 2 is 2.00 bits per heavy atom. The van der Waals surface area contributed by atoms with Crippen molar-refractivity contribution in [2.24, 2.45) is 0 Å². The Balaban J connectivity index is 2.42. The highest BCUT2D eigenvalue weighted by atomic mass is 16.5. The molecule has 1 atom stereocenters. The van der Waals surface area contributed by atoms with Crippen LogP contribution in [-0.4, -0.2) is 63.9 Å². The normalized spacial score (nSPS) is 19.8. The molecule has 0 radical (unpaired) electrons. The summed E-state index contributed by atoms with van der Waals surface area (Å²) in [6.07, 6.45) is 4.14. The van der Waals surface area contributed by atoms with Crippen LogP contribution in [0.5, 0.6) is 0 Å². The molecular weight excluding hydrogens is 232 g/mol. The maximum absolute atomic E-state index is 12.4. The molecule has 5 nitrogen and oxygen atoms in total. The van der Waals surface area contributed by atoms with E-state index in [4.69, 9.17) is 9.47 Å². The zero-order valence-electron chi connectivity index (χ0n) is 11.6. The van der Waals surface area contributed by atoms with E-state index in [9.17, 15) is 4.79 Å². The lowest BCUT2D eigenvalue weighted by Crippen LogP contribution is -2.49. The Hall–Kier alpha value is -0.650. The van der Waals surface area contributed by atoms with Crippen LogP contribution in [0.2, 0.25) is 0 Å². The summed E-state index contributed by atoms with van der Waals surface area (Å²) in [4.78, 5) is 14.3. The molecule has 0 aromatic carbocycles. The van der Waals surface area contributed by atoms with Crippen molar-refractivity contribution < 1.29 is 14.3 Å². The molecular formula is C13H26N2O3. The smallest absolute Gasteiger partial charge is 0.239 e. The predicted octanol–water partition coefficient (Wildman–Crippen LogP) is 0.640. The average molecular weight is 258 g/mol. The molecule has 0 unspecified atom stereocenters. The summed E-state index contributed by atoms with van der Waals surface area (Å²) in [5, 5.41) is 3.30. The summed E-state index contributed by atoms with van der Waals surface area (Å²) in [5.74, 6) is 0.211. The highest BCUT2D eigenvalue weighted by Gasteiger charge is 2.25. The van der Waals surface area contributed by atoms with Gasteiger partial charge in [0.2, 0.25) is 5.91 Å². The van der Waals surface area contributed by atoms with E-state index in [1.807, 2.05) is 4.90 Å². The van der Waals surface area contributed by atoms with E-state index in [0.29, 0.717) is 19.8 Å². The predicted molar refractivity (Wildman–Crippen MR) is 70.6 cm³/mol. The van der Waals surface area contributed by atoms with E-state index >= 15 is 0 Å². The minimum absolute atomic E-state index is 0.00171. The number of methoxy groups -OCH3 is 2. The summed E-state index contributed by atoms with van der Waals surface area (Å²) in [6, 6.07) is -0.00171. The lowest BCUT2D eigenvalue weighted by molar-refractivity contribution is -0.134. The Bertz CT molecular complexity index is 230. The van der Waals surface area contributed by atoms with Gasteiger partial charge in [-0.25, -0.2) is 0 Å². The van der Waals surface area contributed by atoms with Crippen LogP contribution >= 0.6 is 0 Å². The van der Waals surface area contributed by atoms with Gasteiger partial charge in [0, 0.05) is 33.9 Å². The van der Waals surface area contributed by atoms with Gasteiger partial charge in [-0.05, 0) is 25.8 Å². The number of ether oxygens (including phenoxy) is 2. The van der Waals surface area contributed by atoms with Crippen molar-refractivity contribution in [1.82, 2.24) is 10.2 Å². The third-order valence-corrected chi connectivity index (χ3v) is 3.26. The molecule has 18 heavy (non-hydrogen) atoms. The van der Waals surface area contributed by atoms with E-state index in [-0.39, 0.29) is 11.9 Å². The molecule has 0 saturated carbocycles. The first-order valence-corrected chi connectivity index (χ1v) is 6.79. The van der Waals surface area contributed by atoms with Gasteiger partial charge in [0.25, 0.3) is 0 Å². The van der Waals surface area contributed by atoms with Crippen LogP contribution in [0.25, 0.3) is 0 Å². The standard InChI is InChI=1S/C13H26N2O3/c1-17-10-5-8-15(9-11-18-2)13(16)12-6-3-4-7-14-12/h12,14H,3-11H2,1-2H3/t12-/m1/s1. The first-order chi connectivity index (χ1) is 8.79. The third-order valence-electron chi connectivity index (χ3n) is 3.26. The van der Waals surface area contributed by atoms with Crippen LogP contribution in [0.3, 0.4) is 0 Å². The van der Waals surface area contributed by atoms with Gasteiger partial charge < -0.3 is 19.7 Å². The van der Waals surface area contributed by atoms with Crippen molar-refractivity contribution in [3.8, 4) is 0 Å². The van der Waals surface area contributed by atoms with Gasteiger partial charge in [-0.3, -0.25) is 4.79 Å². The van der Waals surface area contributed by atoms with Crippen LogP contribution in [0.1, 0.15) is 25.7 Å². The fourth-order valence-electron chi connectivity index (χ4n) is 2.22. The highest BCUT2D eigenvalue weighted by Crippen LogP contribution is 2.10. The van der Waals surface area contributed by atoms with E-state index < -0.39 is 0 Å². The zero-order chi connectivity index (χ0) is 13.2. The molecule has 1 amide bonds. The molecule has 106 valence electrons. The molecule has 1 aliphatic rings. The van der Waals surface area contributed by atoms with Gasteiger partial charge in [0.1, 0.15) is 0 Å². The number of piperidine rings is 1. The molecule has 0 bridgehead atoms. The third kappa shape index (κ3) is 5.33. The first-order valence-electron chi connectivity index (χ1n) is 6.79. The van der Waals surface area contributed by atoms with E-state index in [0.717, 1.165) is 32.4 Å². The Morgan fingerprint density at radius 1 is 1.22 bits per heavy atom. The zero-order valence-corrected chi connectivity index (χ0v) is 11.6. The second-order valence-corrected chi connectivity index (χ2v) is 4.67. The van der Waals surface area contributed by atoms with Crippen LogP contribution in [0.4, 0.5) is 0 Å². The van der Waals surface area contributed by atoms with Crippen molar-refractivity contribution in [2.45, 2.75) is 31.7 Å². The van der Waals surface area contributed by atoms with Crippen molar-refractivity contribution in [1.29, 1.82) is 0 Å². The molecule has 1 rings (SSSR count). The monoisotopic (exact) mass is 258 g/mol. The molecule has 5 heteroatoms. The molecule has 0 aromatic heterocycles. The topological polar surface area (TPSA) is 50.8 Å². The summed E-state index contributed by atoms with van der Waals surface area (Å²) in [6.45, 7) is 3.64. The summed E-state index contributed by atoms with van der Waals surface area (Å²) in [7, 11) is 3.35. The molecule has 1 aliphatic heterocycles. The SMILES string of the molecule is COCCCN(CCOC)C(=O)[C@H]1CCCCN1. The van der Waals surface area contributed by atoms with E-state index in [2.05, 4.69) is 5.32 Å². The summed E-state index contributed by atoms with van der Waals surface area (Å²) >= 11 is 0. The Kier molecular flexibility index (Phi) is 7.96. The number of nitrogens with one attached hydrogen (secondary N) is 1. The molecule has 1 heterocycles. The lowest BCUT2D eigenvalue weighted by atomic mass is 10.0. The van der Waals surface area contributed by atoms with Crippen molar-refractivity contribution in [2.75, 3.05) is 47.1 Å². The Morgan fingerprint density at radius 3 is 2.61 bits per heavy atom. The second-order valence-electron chi connectivity index (χ2n) is 4.67. The number of nitrogens with zero attached hydrogens (tertiary/aromatic N) is 1. The van der Waals surface area contributed by atoms with Gasteiger partial charge >= 0.3 is 0 Å². The number of amides is 1. The van der Waals surface area contributed by atoms with E-state index in [1.54, 1.807) is 14.2 Å². The summed E-state index contributed by atoms with van der Waals surface area (Å²) < 4.78 is 10.1. The number of rotatable bonds is 8. The molecule has 0 spiro atoms. The van der Waals surface area contributed by atoms with Gasteiger partial charge in [-0.1, -0.05) is 6.42 Å². The van der Waals surface area contributed by atoms with Crippen molar-refractivity contribution in [3.05, 3.63) is 0 Å². The van der Waals surface area contributed by atoms with Crippen LogP contribution < -0.4 is 5.32 Å². The minimum atomic E-state index is -0.00171. The quantitative estimate of drug-likeness (QED) is 0.649. The van der Waals surface area contributed by atoms with Crippen LogP contribution in [0.15, 0.2) is 0 Å². The van der Waals surface area contributed by atoms with Gasteiger partial charge in [-0.2, -0.15) is 0 Å². The van der Waals surface area contributed by atoms with Crippen molar-refractivity contribution in [3.63, 3.8) is 0 Å². The van der Waals surface area contributed by atoms with Gasteiger partial charge in [0.15, 0.2) is 0 Å². The maximum atomic E-state index is 12.4. The molecule has 0 aromatic rings. The largest absolute Gasteiger partial charge is 0.385 e. The number of hydrogen-bond donors (Lipinski definition) is 1. The molecule has 0 aliphatic carbocycles. The number of carbonyl (C=O) groups excluding carboxylic acids is 1. The minimum Gasteiger partial charge on any atom is -0.385 e. The average Bonchev–Trinajstić information content (AvgIpc) is 2.43. The second kappa shape index (κ2) is 9.30. The molecule has 1 fully saturated rings. The van der Waals surface area contributed by atoms with E-state index in [1.165, 1.54) is 6.42 Å². The van der Waals surface area contributed by atoms with Crippen LogP contribution in [-0.2, 0) is 14.3 Å². The first kappa shape index (κ1) is 15.4. The fraction of sp³-hybridized carbons (Fsp3) is 0.923. The summed E-state index contributed by atoms with van der Waals surface area (Å²) in [5.41, 5.74) is 0. The fourth-order valence-corrected chi connectivity index (χ4v) is 2.22. The highest BCUT2D eigenvalue weighted by molar-refractivity contribution is 5.82.